The highest BCUT2D eigenvalue weighted by Crippen LogP contribution is 2.40. The minimum atomic E-state index is -1.09. The number of carbonyl (C=O) groups excluding carboxylic acids is 3. The normalized spacial score (nSPS) is 13.9. The van der Waals surface area contributed by atoms with Crippen LogP contribution in [0.3, 0.4) is 0 Å². The average Bonchev–Trinajstić information content (AvgIpc) is 2.99. The first-order chi connectivity index (χ1) is 14.2. The summed E-state index contributed by atoms with van der Waals surface area (Å²) in [5.74, 6) is -3.49. The van der Waals surface area contributed by atoms with Crippen LogP contribution in [0.15, 0.2) is 40.6 Å². The Morgan fingerprint density at radius 2 is 1.57 bits per heavy atom. The average molecular weight is 414 g/mol. The summed E-state index contributed by atoms with van der Waals surface area (Å²) in [6.07, 6.45) is -0.0980. The first-order valence-electron chi connectivity index (χ1n) is 8.73. The molecule has 0 spiro atoms. The summed E-state index contributed by atoms with van der Waals surface area (Å²) in [7, 11) is 3.47. The van der Waals surface area contributed by atoms with E-state index in [9.17, 15) is 29.7 Å². The third-order valence-electron chi connectivity index (χ3n) is 4.22. The van der Waals surface area contributed by atoms with Crippen LogP contribution < -0.4 is 4.90 Å². The molecule has 0 aliphatic carbocycles. The molecule has 1 heterocycles. The molecule has 1 fully saturated rings. The van der Waals surface area contributed by atoms with Crippen LogP contribution in [-0.2, 0) is 14.4 Å². The predicted molar refractivity (Wildman–Crippen MR) is 103 cm³/mol. The van der Waals surface area contributed by atoms with Crippen LogP contribution in [0.1, 0.15) is 23.2 Å². The molecule has 0 bridgehead atoms. The van der Waals surface area contributed by atoms with Gasteiger partial charge in [-0.1, -0.05) is 0 Å². The summed E-state index contributed by atoms with van der Waals surface area (Å²) < 4.78 is 0. The molecule has 0 radical (unpaired) electrons. The molecule has 156 valence electrons. The van der Waals surface area contributed by atoms with E-state index < -0.39 is 23.5 Å². The molecule has 0 atom stereocenters. The molecule has 2 aromatic rings. The molecular formula is C19H18N4O7. The molecule has 0 saturated carbocycles. The van der Waals surface area contributed by atoms with Crippen LogP contribution in [-0.4, -0.2) is 52.3 Å². The molecule has 0 unspecified atom stereocenters. The summed E-state index contributed by atoms with van der Waals surface area (Å²) in [5.41, 5.74) is 0.199. The Balaban J connectivity index is 1.78. The number of benzene rings is 2. The van der Waals surface area contributed by atoms with Crippen molar-refractivity contribution in [1.29, 1.82) is 0 Å². The van der Waals surface area contributed by atoms with Gasteiger partial charge >= 0.3 is 5.97 Å². The fourth-order valence-corrected chi connectivity index (χ4v) is 2.60. The minimum absolute atomic E-state index is 0.0490. The van der Waals surface area contributed by atoms with Gasteiger partial charge in [0.2, 0.25) is 0 Å². The van der Waals surface area contributed by atoms with Gasteiger partial charge in [-0.2, -0.15) is 5.11 Å². The largest absolute Gasteiger partial charge is 0.507 e. The van der Waals surface area contributed by atoms with Crippen LogP contribution in [0.25, 0.3) is 0 Å². The minimum Gasteiger partial charge on any atom is -0.507 e. The van der Waals surface area contributed by atoms with Crippen molar-refractivity contribution in [3.8, 4) is 17.2 Å². The summed E-state index contributed by atoms with van der Waals surface area (Å²) in [6, 6.07) is 6.37. The Morgan fingerprint density at radius 1 is 0.967 bits per heavy atom. The Kier molecular flexibility index (Phi) is 5.54. The van der Waals surface area contributed by atoms with Crippen molar-refractivity contribution in [2.24, 2.45) is 10.2 Å². The lowest BCUT2D eigenvalue weighted by Crippen LogP contribution is -2.32. The number of anilines is 1. The second-order valence-corrected chi connectivity index (χ2v) is 6.59. The molecular weight excluding hydrogens is 396 g/mol. The summed E-state index contributed by atoms with van der Waals surface area (Å²) in [5, 5.41) is 38.1. The van der Waals surface area contributed by atoms with E-state index in [-0.39, 0.29) is 41.3 Å². The lowest BCUT2D eigenvalue weighted by Gasteiger charge is -2.14. The Morgan fingerprint density at radius 3 is 2.10 bits per heavy atom. The van der Waals surface area contributed by atoms with Gasteiger partial charge in [0.1, 0.15) is 22.8 Å². The highest BCUT2D eigenvalue weighted by Gasteiger charge is 2.33. The number of carbonyl (C=O) groups is 3. The van der Waals surface area contributed by atoms with Gasteiger partial charge in [0.05, 0.1) is 5.69 Å². The van der Waals surface area contributed by atoms with Gasteiger partial charge in [-0.15, -0.1) is 10.2 Å². The first-order valence-corrected chi connectivity index (χ1v) is 8.73. The Hall–Kier alpha value is -4.15. The van der Waals surface area contributed by atoms with Crippen molar-refractivity contribution in [3.63, 3.8) is 0 Å². The van der Waals surface area contributed by atoms with E-state index in [1.54, 1.807) is 19.0 Å². The van der Waals surface area contributed by atoms with Gasteiger partial charge < -0.3 is 25.1 Å². The number of amides is 2. The Labute approximate surface area is 170 Å². The molecule has 3 N–H and O–H groups in total. The number of azo groups is 1. The highest BCUT2D eigenvalue weighted by molar-refractivity contribution is 6.03. The van der Waals surface area contributed by atoms with E-state index in [0.717, 1.165) is 6.07 Å². The van der Waals surface area contributed by atoms with E-state index in [4.69, 9.17) is 4.84 Å². The van der Waals surface area contributed by atoms with E-state index in [1.165, 1.54) is 24.3 Å². The van der Waals surface area contributed by atoms with E-state index in [0.29, 0.717) is 10.8 Å². The van der Waals surface area contributed by atoms with Crippen LogP contribution in [0, 0.1) is 0 Å². The van der Waals surface area contributed by atoms with Gasteiger partial charge in [-0.25, -0.2) is 4.79 Å². The lowest BCUT2D eigenvalue weighted by molar-refractivity contribution is -0.172. The molecule has 0 aromatic heterocycles. The van der Waals surface area contributed by atoms with Crippen LogP contribution in [0.4, 0.5) is 17.1 Å². The monoisotopic (exact) mass is 414 g/mol. The zero-order valence-electron chi connectivity index (χ0n) is 16.1. The fourth-order valence-electron chi connectivity index (χ4n) is 2.60. The zero-order chi connectivity index (χ0) is 22.0. The topological polar surface area (TPSA) is 152 Å². The number of nitrogens with zero attached hydrogens (tertiary/aromatic N) is 4. The number of hydrogen-bond acceptors (Lipinski definition) is 10. The Bertz CT molecular complexity index is 1030. The number of hydrogen-bond donors (Lipinski definition) is 3. The molecule has 1 aliphatic rings. The molecule has 30 heavy (non-hydrogen) atoms. The van der Waals surface area contributed by atoms with Crippen molar-refractivity contribution in [1.82, 2.24) is 5.06 Å². The second kappa shape index (κ2) is 8.07. The molecule has 11 heteroatoms. The summed E-state index contributed by atoms with van der Waals surface area (Å²) in [6.45, 7) is 0. The van der Waals surface area contributed by atoms with Gasteiger partial charge in [0, 0.05) is 50.8 Å². The first kappa shape index (κ1) is 20.6. The number of phenolic OH excluding ortho intramolecular Hbond substituents is 3. The van der Waals surface area contributed by atoms with Gasteiger partial charge in [0.15, 0.2) is 5.69 Å². The number of hydroxylamine groups is 2. The van der Waals surface area contributed by atoms with Crippen molar-refractivity contribution >= 4 is 34.8 Å². The van der Waals surface area contributed by atoms with Gasteiger partial charge in [-0.05, 0) is 12.1 Å². The fraction of sp³-hybridized carbons (Fsp3) is 0.211. The maximum Gasteiger partial charge on any atom is 0.367 e. The quantitative estimate of drug-likeness (QED) is 0.498. The van der Waals surface area contributed by atoms with Crippen molar-refractivity contribution in [3.05, 3.63) is 35.9 Å². The van der Waals surface area contributed by atoms with Crippen LogP contribution >= 0.6 is 0 Å². The van der Waals surface area contributed by atoms with Gasteiger partial charge in [-0.3, -0.25) is 9.59 Å². The third kappa shape index (κ3) is 4.14. The molecule has 1 aliphatic heterocycles. The summed E-state index contributed by atoms with van der Waals surface area (Å²) >= 11 is 0. The number of aromatic hydroxyl groups is 3. The van der Waals surface area contributed by atoms with Crippen LogP contribution in [0.5, 0.6) is 17.2 Å². The van der Waals surface area contributed by atoms with Gasteiger partial charge in [0.25, 0.3) is 11.8 Å². The molecule has 2 aromatic carbocycles. The molecule has 2 amide bonds. The smallest absolute Gasteiger partial charge is 0.367 e. The predicted octanol–water partition coefficient (Wildman–Crippen LogP) is 2.51. The highest BCUT2D eigenvalue weighted by atomic mass is 16.7. The molecule has 3 rings (SSSR count). The van der Waals surface area contributed by atoms with Crippen molar-refractivity contribution in [2.75, 3.05) is 19.0 Å². The van der Waals surface area contributed by atoms with E-state index in [2.05, 4.69) is 10.2 Å². The summed E-state index contributed by atoms with van der Waals surface area (Å²) in [4.78, 5) is 41.6. The molecule has 11 nitrogen and oxygen atoms in total. The second-order valence-electron chi connectivity index (χ2n) is 6.59. The van der Waals surface area contributed by atoms with Crippen molar-refractivity contribution in [2.45, 2.75) is 12.8 Å². The van der Waals surface area contributed by atoms with E-state index in [1.807, 2.05) is 0 Å². The number of imide groups is 1. The van der Waals surface area contributed by atoms with E-state index >= 15 is 0 Å². The maximum absolute atomic E-state index is 12.1. The third-order valence-corrected chi connectivity index (χ3v) is 4.22. The SMILES string of the molecule is CN(C)c1cc(O)c(N=Nc2ccc(C(=O)ON3C(=O)CCC3=O)c(O)c2)c(O)c1. The van der Waals surface area contributed by atoms with Crippen molar-refractivity contribution < 1.29 is 34.5 Å². The zero-order valence-corrected chi connectivity index (χ0v) is 16.1. The lowest BCUT2D eigenvalue weighted by atomic mass is 10.2. The maximum atomic E-state index is 12.1. The van der Waals surface area contributed by atoms with Crippen LogP contribution in [0.2, 0.25) is 0 Å². The molecule has 1 saturated heterocycles. The standard InChI is InChI=1S/C19H18N4O7/c1-22(2)11-8-14(25)18(15(26)9-11)21-20-10-3-4-12(13(24)7-10)19(29)30-23-16(27)5-6-17(23)28/h3-4,7-9,24-26H,5-6H2,1-2H3. The number of phenols is 3. The number of rotatable bonds is 5.